The Morgan fingerprint density at radius 3 is 2.40 bits per heavy atom. The second-order valence-electron chi connectivity index (χ2n) is 6.21. The zero-order valence-electron chi connectivity index (χ0n) is 14.0. The number of carbonyl (C=O) groups excluding carboxylic acids is 1. The summed E-state index contributed by atoms with van der Waals surface area (Å²) in [6.07, 6.45) is 3.79. The minimum atomic E-state index is -0.446. The minimum absolute atomic E-state index is 0.0274. The Hall–Kier alpha value is -2.89. The molecule has 1 N–H and O–H groups in total. The van der Waals surface area contributed by atoms with Crippen molar-refractivity contribution in [1.82, 2.24) is 0 Å². The Morgan fingerprint density at radius 2 is 1.72 bits per heavy atom. The molecule has 130 valence electrons. The van der Waals surface area contributed by atoms with E-state index in [1.807, 2.05) is 24.3 Å². The first kappa shape index (κ1) is 17.0. The molecule has 0 spiro atoms. The smallest absolute Gasteiger partial charge is 0.269 e. The summed E-state index contributed by atoms with van der Waals surface area (Å²) in [5.41, 5.74) is 2.65. The highest BCUT2D eigenvalue weighted by atomic mass is 16.6. The third kappa shape index (κ3) is 4.35. The van der Waals surface area contributed by atoms with Crippen molar-refractivity contribution in [3.05, 3.63) is 64.2 Å². The maximum absolute atomic E-state index is 12.4. The Kier molecular flexibility index (Phi) is 5.28. The summed E-state index contributed by atoms with van der Waals surface area (Å²) in [6, 6.07) is 13.9. The third-order valence-corrected chi connectivity index (χ3v) is 4.39. The number of amides is 1. The molecule has 6 nitrogen and oxygen atoms in total. The van der Waals surface area contributed by atoms with E-state index in [0.29, 0.717) is 0 Å². The van der Waals surface area contributed by atoms with Crippen molar-refractivity contribution in [3.63, 3.8) is 0 Å². The first-order chi connectivity index (χ1) is 12.1. The molecule has 0 aliphatic carbocycles. The lowest BCUT2D eigenvalue weighted by Gasteiger charge is -2.30. The van der Waals surface area contributed by atoms with Crippen LogP contribution in [0.15, 0.2) is 48.5 Å². The number of nitrogens with zero attached hydrogens (tertiary/aromatic N) is 2. The summed E-state index contributed by atoms with van der Waals surface area (Å²) >= 11 is 0. The monoisotopic (exact) mass is 339 g/mol. The van der Waals surface area contributed by atoms with Gasteiger partial charge in [0.25, 0.3) is 5.69 Å². The predicted molar refractivity (Wildman–Crippen MR) is 97.9 cm³/mol. The number of nitro benzene ring substituents is 1. The zero-order valence-corrected chi connectivity index (χ0v) is 14.0. The summed E-state index contributed by atoms with van der Waals surface area (Å²) in [6.45, 7) is 2.02. The number of anilines is 2. The molecule has 6 heteroatoms. The second-order valence-corrected chi connectivity index (χ2v) is 6.21. The van der Waals surface area contributed by atoms with Crippen LogP contribution in [0.2, 0.25) is 0 Å². The van der Waals surface area contributed by atoms with Gasteiger partial charge in [-0.1, -0.05) is 24.3 Å². The molecule has 0 bridgehead atoms. The van der Waals surface area contributed by atoms with Crippen molar-refractivity contribution in [2.24, 2.45) is 0 Å². The Morgan fingerprint density at radius 1 is 1.04 bits per heavy atom. The number of para-hydroxylation sites is 2. The van der Waals surface area contributed by atoms with Gasteiger partial charge in [-0.05, 0) is 37.0 Å². The topological polar surface area (TPSA) is 75.5 Å². The molecule has 1 aliphatic heterocycles. The molecular formula is C19H21N3O3. The summed E-state index contributed by atoms with van der Waals surface area (Å²) in [5, 5.41) is 13.7. The number of hydrogen-bond acceptors (Lipinski definition) is 4. The van der Waals surface area contributed by atoms with Gasteiger partial charge in [0.15, 0.2) is 0 Å². The number of carbonyl (C=O) groups is 1. The van der Waals surface area contributed by atoms with Gasteiger partial charge in [-0.2, -0.15) is 0 Å². The Bertz CT molecular complexity index is 753. The summed E-state index contributed by atoms with van der Waals surface area (Å²) in [5.74, 6) is -0.127. The first-order valence-corrected chi connectivity index (χ1v) is 8.50. The van der Waals surface area contributed by atoms with Gasteiger partial charge in [0.2, 0.25) is 5.91 Å². The van der Waals surface area contributed by atoms with E-state index in [1.54, 1.807) is 12.1 Å². The van der Waals surface area contributed by atoms with Gasteiger partial charge in [0.05, 0.1) is 22.7 Å². The van der Waals surface area contributed by atoms with Crippen LogP contribution >= 0.6 is 0 Å². The van der Waals surface area contributed by atoms with Crippen molar-refractivity contribution in [1.29, 1.82) is 0 Å². The average Bonchev–Trinajstić information content (AvgIpc) is 2.63. The predicted octanol–water partition coefficient (Wildman–Crippen LogP) is 3.77. The molecule has 0 aromatic heterocycles. The number of nitrogens with one attached hydrogen (secondary N) is 1. The van der Waals surface area contributed by atoms with Crippen molar-refractivity contribution in [2.75, 3.05) is 23.3 Å². The average molecular weight is 339 g/mol. The van der Waals surface area contributed by atoms with Crippen LogP contribution in [0.3, 0.4) is 0 Å². The van der Waals surface area contributed by atoms with E-state index in [-0.39, 0.29) is 18.0 Å². The lowest BCUT2D eigenvalue weighted by Crippen LogP contribution is -2.30. The van der Waals surface area contributed by atoms with Gasteiger partial charge in [-0.3, -0.25) is 14.9 Å². The molecule has 1 saturated heterocycles. The number of hydrogen-bond donors (Lipinski definition) is 1. The highest BCUT2D eigenvalue weighted by Gasteiger charge is 2.15. The number of rotatable bonds is 5. The van der Waals surface area contributed by atoms with Gasteiger partial charge in [0, 0.05) is 25.2 Å². The van der Waals surface area contributed by atoms with Crippen LogP contribution in [-0.2, 0) is 11.2 Å². The number of nitro groups is 1. The molecule has 1 heterocycles. The molecule has 0 atom stereocenters. The summed E-state index contributed by atoms with van der Waals surface area (Å²) in [4.78, 5) is 24.9. The van der Waals surface area contributed by atoms with Crippen molar-refractivity contribution in [3.8, 4) is 0 Å². The van der Waals surface area contributed by atoms with Crippen LogP contribution in [0, 0.1) is 10.1 Å². The van der Waals surface area contributed by atoms with Crippen LogP contribution in [0.5, 0.6) is 0 Å². The molecule has 1 fully saturated rings. The van der Waals surface area contributed by atoms with Gasteiger partial charge in [-0.25, -0.2) is 0 Å². The molecular weight excluding hydrogens is 318 g/mol. The molecule has 25 heavy (non-hydrogen) atoms. The zero-order chi connectivity index (χ0) is 17.6. The molecule has 0 radical (unpaired) electrons. The molecule has 2 aromatic rings. The lowest BCUT2D eigenvalue weighted by molar-refractivity contribution is -0.384. The van der Waals surface area contributed by atoms with Crippen LogP contribution in [0.1, 0.15) is 24.8 Å². The highest BCUT2D eigenvalue weighted by molar-refractivity contribution is 5.95. The normalized spacial score (nSPS) is 14.2. The van der Waals surface area contributed by atoms with E-state index in [1.165, 1.54) is 31.4 Å². The molecule has 1 amide bonds. The van der Waals surface area contributed by atoms with E-state index in [2.05, 4.69) is 10.2 Å². The van der Waals surface area contributed by atoms with Gasteiger partial charge < -0.3 is 10.2 Å². The third-order valence-electron chi connectivity index (χ3n) is 4.39. The molecule has 1 aliphatic rings. The largest absolute Gasteiger partial charge is 0.370 e. The molecule has 3 rings (SSSR count). The number of benzene rings is 2. The van der Waals surface area contributed by atoms with E-state index in [0.717, 1.165) is 30.0 Å². The fourth-order valence-electron chi connectivity index (χ4n) is 3.11. The van der Waals surface area contributed by atoms with Gasteiger partial charge >= 0.3 is 0 Å². The molecule has 2 aromatic carbocycles. The van der Waals surface area contributed by atoms with E-state index in [4.69, 9.17) is 0 Å². The maximum atomic E-state index is 12.4. The highest BCUT2D eigenvalue weighted by Crippen LogP contribution is 2.28. The van der Waals surface area contributed by atoms with Crippen molar-refractivity contribution < 1.29 is 9.72 Å². The fourth-order valence-corrected chi connectivity index (χ4v) is 3.11. The molecule has 0 unspecified atom stereocenters. The van der Waals surface area contributed by atoms with E-state index in [9.17, 15) is 14.9 Å². The summed E-state index contributed by atoms with van der Waals surface area (Å²) < 4.78 is 0. The standard InChI is InChI=1S/C19H21N3O3/c23-19(14-15-8-10-16(11-9-15)22(24)25)20-17-6-2-3-7-18(17)21-12-4-1-5-13-21/h2-3,6-11H,1,4-5,12-14H2,(H,20,23). The molecule has 0 saturated carbocycles. The quantitative estimate of drug-likeness (QED) is 0.665. The van der Waals surface area contributed by atoms with Crippen LogP contribution < -0.4 is 10.2 Å². The number of non-ortho nitro benzene ring substituents is 1. The summed E-state index contributed by atoms with van der Waals surface area (Å²) in [7, 11) is 0. The van der Waals surface area contributed by atoms with Crippen molar-refractivity contribution >= 4 is 23.0 Å². The number of piperidine rings is 1. The Labute approximate surface area is 146 Å². The SMILES string of the molecule is O=C(Cc1ccc([N+](=O)[O-])cc1)Nc1ccccc1N1CCCCC1. The van der Waals surface area contributed by atoms with Gasteiger partial charge in [-0.15, -0.1) is 0 Å². The van der Waals surface area contributed by atoms with Gasteiger partial charge in [0.1, 0.15) is 0 Å². The van der Waals surface area contributed by atoms with Crippen LogP contribution in [0.4, 0.5) is 17.1 Å². The van der Waals surface area contributed by atoms with Crippen LogP contribution in [-0.4, -0.2) is 23.9 Å². The lowest BCUT2D eigenvalue weighted by atomic mass is 10.1. The second kappa shape index (κ2) is 7.79. The van der Waals surface area contributed by atoms with Crippen molar-refractivity contribution in [2.45, 2.75) is 25.7 Å². The minimum Gasteiger partial charge on any atom is -0.370 e. The van der Waals surface area contributed by atoms with E-state index >= 15 is 0 Å². The fraction of sp³-hybridized carbons (Fsp3) is 0.316. The van der Waals surface area contributed by atoms with Crippen LogP contribution in [0.25, 0.3) is 0 Å². The maximum Gasteiger partial charge on any atom is 0.269 e. The Balaban J connectivity index is 1.67. The van der Waals surface area contributed by atoms with E-state index < -0.39 is 4.92 Å². The first-order valence-electron chi connectivity index (χ1n) is 8.50.